The van der Waals surface area contributed by atoms with E-state index >= 15 is 0 Å². The third-order valence-corrected chi connectivity index (χ3v) is 5.09. The van der Waals surface area contributed by atoms with Gasteiger partial charge in [0, 0.05) is 19.6 Å². The number of hydrogen-bond donors (Lipinski definition) is 2. The van der Waals surface area contributed by atoms with Crippen LogP contribution in [0.15, 0.2) is 0 Å². The highest BCUT2D eigenvalue weighted by Crippen LogP contribution is 2.30. The Morgan fingerprint density at radius 2 is 2.00 bits per heavy atom. The molecule has 2 fully saturated rings. The van der Waals surface area contributed by atoms with E-state index in [1.165, 1.54) is 25.7 Å². The lowest BCUT2D eigenvalue weighted by Gasteiger charge is -2.27. The third kappa shape index (κ3) is 4.35. The van der Waals surface area contributed by atoms with Crippen molar-refractivity contribution in [3.05, 3.63) is 0 Å². The Hall–Kier alpha value is -1.26. The second-order valence-electron chi connectivity index (χ2n) is 6.99. The average molecular weight is 296 g/mol. The third-order valence-electron chi connectivity index (χ3n) is 5.09. The number of nitrogens with zero attached hydrogens (tertiary/aromatic N) is 1. The summed E-state index contributed by atoms with van der Waals surface area (Å²) >= 11 is 0. The molecule has 0 aromatic carbocycles. The first kappa shape index (κ1) is 16.1. The molecule has 1 saturated carbocycles. The maximum atomic E-state index is 12.1. The van der Waals surface area contributed by atoms with Crippen LogP contribution in [0.2, 0.25) is 0 Å². The summed E-state index contributed by atoms with van der Waals surface area (Å²) in [5, 5.41) is 12.1. The van der Waals surface area contributed by atoms with E-state index in [-0.39, 0.29) is 11.9 Å². The Morgan fingerprint density at radius 1 is 1.24 bits per heavy atom. The molecule has 0 spiro atoms. The largest absolute Gasteiger partial charge is 0.481 e. The van der Waals surface area contributed by atoms with E-state index in [0.29, 0.717) is 19.6 Å². The van der Waals surface area contributed by atoms with Crippen LogP contribution < -0.4 is 5.32 Å². The van der Waals surface area contributed by atoms with Gasteiger partial charge in [-0.05, 0) is 30.6 Å². The number of carboxylic acids is 1. The maximum absolute atomic E-state index is 12.1. The molecular formula is C16H28N2O3. The van der Waals surface area contributed by atoms with Gasteiger partial charge in [-0.1, -0.05) is 33.1 Å². The Balaban J connectivity index is 1.69. The zero-order chi connectivity index (χ0) is 15.4. The first-order valence-electron chi connectivity index (χ1n) is 8.23. The smallest absolute Gasteiger partial charge is 0.317 e. The topological polar surface area (TPSA) is 69.6 Å². The fraction of sp³-hybridized carbons (Fsp3) is 0.875. The van der Waals surface area contributed by atoms with E-state index in [4.69, 9.17) is 5.11 Å². The lowest BCUT2D eigenvalue weighted by atomic mass is 9.81. The van der Waals surface area contributed by atoms with Gasteiger partial charge in [-0.3, -0.25) is 4.79 Å². The summed E-state index contributed by atoms with van der Waals surface area (Å²) in [6.07, 6.45) is 6.25. The maximum Gasteiger partial charge on any atom is 0.317 e. The zero-order valence-electron chi connectivity index (χ0n) is 13.2. The Kier molecular flexibility index (Phi) is 5.48. The number of likely N-dealkylation sites (tertiary alicyclic amines) is 1. The summed E-state index contributed by atoms with van der Waals surface area (Å²) in [5.74, 6) is 0.366. The van der Waals surface area contributed by atoms with E-state index in [0.717, 1.165) is 18.3 Å². The van der Waals surface area contributed by atoms with Crippen molar-refractivity contribution in [1.82, 2.24) is 10.2 Å². The van der Waals surface area contributed by atoms with Crippen LogP contribution in [0.1, 0.15) is 46.0 Å². The normalized spacial score (nSPS) is 33.0. The van der Waals surface area contributed by atoms with Crippen molar-refractivity contribution >= 4 is 12.0 Å². The number of aliphatic carboxylic acids is 1. The van der Waals surface area contributed by atoms with Crippen LogP contribution in [-0.2, 0) is 4.79 Å². The minimum Gasteiger partial charge on any atom is -0.481 e. The van der Waals surface area contributed by atoms with E-state index in [2.05, 4.69) is 12.2 Å². The molecule has 2 unspecified atom stereocenters. The fourth-order valence-electron chi connectivity index (χ4n) is 3.77. The summed E-state index contributed by atoms with van der Waals surface area (Å²) < 4.78 is 0. The average Bonchev–Trinajstić information content (AvgIpc) is 2.81. The molecule has 120 valence electrons. The molecule has 21 heavy (non-hydrogen) atoms. The van der Waals surface area contributed by atoms with E-state index in [1.54, 1.807) is 4.90 Å². The number of amides is 2. The number of carboxylic acid groups (broad SMARTS) is 1. The number of carbonyl (C=O) groups is 2. The Morgan fingerprint density at radius 3 is 2.62 bits per heavy atom. The molecule has 4 atom stereocenters. The van der Waals surface area contributed by atoms with Crippen molar-refractivity contribution in [2.45, 2.75) is 46.0 Å². The molecule has 0 aromatic rings. The summed E-state index contributed by atoms with van der Waals surface area (Å²) in [7, 11) is 0. The number of rotatable bonds is 4. The number of hydrogen-bond acceptors (Lipinski definition) is 2. The van der Waals surface area contributed by atoms with Gasteiger partial charge in [-0.25, -0.2) is 4.79 Å². The first-order valence-corrected chi connectivity index (χ1v) is 8.23. The summed E-state index contributed by atoms with van der Waals surface area (Å²) in [5.41, 5.74) is 0. The molecule has 2 rings (SSSR count). The molecule has 1 saturated heterocycles. The van der Waals surface area contributed by atoms with Gasteiger partial charge in [0.1, 0.15) is 0 Å². The van der Waals surface area contributed by atoms with Crippen molar-refractivity contribution in [2.24, 2.45) is 23.7 Å². The zero-order valence-corrected chi connectivity index (χ0v) is 13.2. The van der Waals surface area contributed by atoms with E-state index in [9.17, 15) is 9.59 Å². The number of carbonyl (C=O) groups excluding carboxylic acids is 1. The molecule has 1 heterocycles. The van der Waals surface area contributed by atoms with Crippen molar-refractivity contribution < 1.29 is 14.7 Å². The Bertz CT molecular complexity index is 386. The summed E-state index contributed by atoms with van der Waals surface area (Å²) in [6.45, 7) is 5.79. The van der Waals surface area contributed by atoms with Crippen LogP contribution in [0, 0.1) is 23.7 Å². The van der Waals surface area contributed by atoms with Crippen LogP contribution >= 0.6 is 0 Å². The quantitative estimate of drug-likeness (QED) is 0.837. The van der Waals surface area contributed by atoms with Crippen molar-refractivity contribution in [2.75, 3.05) is 19.6 Å². The van der Waals surface area contributed by atoms with Crippen molar-refractivity contribution in [3.8, 4) is 0 Å². The monoisotopic (exact) mass is 296 g/mol. The van der Waals surface area contributed by atoms with Gasteiger partial charge < -0.3 is 15.3 Å². The predicted molar refractivity (Wildman–Crippen MR) is 81.0 cm³/mol. The van der Waals surface area contributed by atoms with Gasteiger partial charge in [0.15, 0.2) is 0 Å². The highest BCUT2D eigenvalue weighted by Gasteiger charge is 2.36. The molecule has 0 bridgehead atoms. The molecule has 5 nitrogen and oxygen atoms in total. The molecular weight excluding hydrogens is 268 g/mol. The van der Waals surface area contributed by atoms with Crippen LogP contribution in [0.3, 0.4) is 0 Å². The first-order chi connectivity index (χ1) is 9.97. The lowest BCUT2D eigenvalue weighted by molar-refractivity contribution is -0.142. The highest BCUT2D eigenvalue weighted by molar-refractivity contribution is 5.77. The molecule has 2 aliphatic rings. The molecule has 0 radical (unpaired) electrons. The van der Waals surface area contributed by atoms with Gasteiger partial charge >= 0.3 is 12.0 Å². The lowest BCUT2D eigenvalue weighted by Crippen LogP contribution is -2.40. The molecule has 2 amide bonds. The van der Waals surface area contributed by atoms with Crippen LogP contribution in [0.4, 0.5) is 4.79 Å². The second-order valence-corrected chi connectivity index (χ2v) is 6.99. The molecule has 2 N–H and O–H groups in total. The van der Waals surface area contributed by atoms with Gasteiger partial charge in [-0.15, -0.1) is 0 Å². The predicted octanol–water partition coefficient (Wildman–Crippen LogP) is 2.56. The molecule has 0 aromatic heterocycles. The summed E-state index contributed by atoms with van der Waals surface area (Å²) in [4.78, 5) is 24.8. The van der Waals surface area contributed by atoms with E-state index < -0.39 is 11.9 Å². The Labute approximate surface area is 127 Å². The van der Waals surface area contributed by atoms with Gasteiger partial charge in [0.25, 0.3) is 0 Å². The number of urea groups is 1. The van der Waals surface area contributed by atoms with Crippen LogP contribution in [-0.4, -0.2) is 41.6 Å². The molecule has 1 aliphatic heterocycles. The van der Waals surface area contributed by atoms with E-state index in [1.807, 2.05) is 6.92 Å². The minimum atomic E-state index is -0.797. The SMILES string of the molecule is CC1CCCC(CCNC(=O)N2C[C@@H](C)[C@H](C(=O)O)C2)C1. The van der Waals surface area contributed by atoms with Gasteiger partial charge in [0.05, 0.1) is 5.92 Å². The minimum absolute atomic E-state index is 0.0347. The van der Waals surface area contributed by atoms with Gasteiger partial charge in [-0.2, -0.15) is 0 Å². The fourth-order valence-corrected chi connectivity index (χ4v) is 3.77. The standard InChI is InChI=1S/C16H28N2O3/c1-11-4-3-5-13(8-11)6-7-17-16(21)18-9-12(2)14(10-18)15(19)20/h11-14H,3-10H2,1-2H3,(H,17,21)(H,19,20)/t11?,12-,13?,14-/m1/s1. The van der Waals surface area contributed by atoms with Crippen LogP contribution in [0.25, 0.3) is 0 Å². The van der Waals surface area contributed by atoms with Crippen LogP contribution in [0.5, 0.6) is 0 Å². The van der Waals surface area contributed by atoms with Crippen molar-refractivity contribution in [1.29, 1.82) is 0 Å². The highest BCUT2D eigenvalue weighted by atomic mass is 16.4. The second kappa shape index (κ2) is 7.14. The van der Waals surface area contributed by atoms with Crippen molar-refractivity contribution in [3.63, 3.8) is 0 Å². The van der Waals surface area contributed by atoms with Gasteiger partial charge in [0.2, 0.25) is 0 Å². The summed E-state index contributed by atoms with van der Waals surface area (Å²) in [6, 6.07) is -0.102. The molecule has 5 heteroatoms. The number of nitrogens with one attached hydrogen (secondary N) is 1. The molecule has 1 aliphatic carbocycles.